The van der Waals surface area contributed by atoms with Crippen molar-refractivity contribution in [2.75, 3.05) is 6.54 Å². The molecule has 27 heavy (non-hydrogen) atoms. The van der Waals surface area contributed by atoms with Crippen molar-refractivity contribution in [1.29, 1.82) is 0 Å². The SMILES string of the molecule is CC(C)c1cc([C@H]2CCCN2C(=O)c2cn(C3CCC(N)CC3)nn2)no1. The second-order valence-corrected chi connectivity index (χ2v) is 8.12. The number of rotatable bonds is 4. The molecule has 0 radical (unpaired) electrons. The summed E-state index contributed by atoms with van der Waals surface area (Å²) in [4.78, 5) is 14.9. The van der Waals surface area contributed by atoms with Gasteiger partial charge in [0, 0.05) is 24.6 Å². The first-order chi connectivity index (χ1) is 13.0. The molecule has 0 spiro atoms. The first kappa shape index (κ1) is 18.2. The minimum atomic E-state index is -0.0784. The predicted octanol–water partition coefficient (Wildman–Crippen LogP) is 2.81. The molecule has 2 fully saturated rings. The van der Waals surface area contributed by atoms with Crippen LogP contribution < -0.4 is 5.73 Å². The van der Waals surface area contributed by atoms with Crippen LogP contribution in [0.1, 0.15) is 92.3 Å². The van der Waals surface area contributed by atoms with Crippen molar-refractivity contribution in [3.8, 4) is 0 Å². The highest BCUT2D eigenvalue weighted by Gasteiger charge is 2.34. The molecule has 2 aromatic rings. The Morgan fingerprint density at radius 1 is 1.26 bits per heavy atom. The minimum absolute atomic E-state index is 0.0495. The van der Waals surface area contributed by atoms with E-state index in [1.54, 1.807) is 6.20 Å². The summed E-state index contributed by atoms with van der Waals surface area (Å²) in [6.45, 7) is 4.84. The number of hydrogen-bond acceptors (Lipinski definition) is 6. The molecule has 1 aliphatic heterocycles. The van der Waals surface area contributed by atoms with Crippen molar-refractivity contribution in [3.05, 3.63) is 29.4 Å². The van der Waals surface area contributed by atoms with Crippen molar-refractivity contribution in [2.45, 2.75) is 76.4 Å². The second-order valence-electron chi connectivity index (χ2n) is 8.12. The lowest BCUT2D eigenvalue weighted by molar-refractivity contribution is 0.0724. The van der Waals surface area contributed by atoms with E-state index in [2.05, 4.69) is 29.3 Å². The van der Waals surface area contributed by atoms with Gasteiger partial charge < -0.3 is 15.2 Å². The molecule has 1 saturated heterocycles. The molecule has 0 aromatic carbocycles. The van der Waals surface area contributed by atoms with Gasteiger partial charge in [-0.2, -0.15) is 0 Å². The number of carbonyl (C=O) groups is 1. The molecule has 8 nitrogen and oxygen atoms in total. The van der Waals surface area contributed by atoms with Crippen molar-refractivity contribution in [1.82, 2.24) is 25.1 Å². The molecule has 1 aliphatic carbocycles. The van der Waals surface area contributed by atoms with Gasteiger partial charge in [0.05, 0.1) is 18.3 Å². The molecule has 8 heteroatoms. The average Bonchev–Trinajstić information content (AvgIpc) is 3.40. The highest BCUT2D eigenvalue weighted by Crippen LogP contribution is 2.34. The number of nitrogens with two attached hydrogens (primary N) is 1. The Balaban J connectivity index is 1.48. The van der Waals surface area contributed by atoms with E-state index in [-0.39, 0.29) is 30.0 Å². The topological polar surface area (TPSA) is 103 Å². The summed E-state index contributed by atoms with van der Waals surface area (Å²) in [5, 5.41) is 12.6. The van der Waals surface area contributed by atoms with E-state index in [1.807, 2.05) is 15.6 Å². The Bertz CT molecular complexity index is 790. The summed E-state index contributed by atoms with van der Waals surface area (Å²) in [6.07, 6.45) is 7.60. The third-order valence-corrected chi connectivity index (χ3v) is 5.82. The van der Waals surface area contributed by atoms with E-state index >= 15 is 0 Å². The third-order valence-electron chi connectivity index (χ3n) is 5.82. The van der Waals surface area contributed by atoms with Crippen LogP contribution in [0.15, 0.2) is 16.8 Å². The zero-order valence-corrected chi connectivity index (χ0v) is 16.0. The molecule has 2 aromatic heterocycles. The molecule has 0 unspecified atom stereocenters. The number of nitrogens with zero attached hydrogens (tertiary/aromatic N) is 5. The van der Waals surface area contributed by atoms with Gasteiger partial charge in [-0.05, 0) is 38.5 Å². The summed E-state index contributed by atoms with van der Waals surface area (Å²) in [5.74, 6) is 1.05. The van der Waals surface area contributed by atoms with E-state index in [0.29, 0.717) is 12.2 Å². The van der Waals surface area contributed by atoms with E-state index in [4.69, 9.17) is 10.3 Å². The van der Waals surface area contributed by atoms with Crippen LogP contribution in [0.4, 0.5) is 0 Å². The number of hydrogen-bond donors (Lipinski definition) is 1. The van der Waals surface area contributed by atoms with Crippen LogP contribution in [0.25, 0.3) is 0 Å². The molecule has 146 valence electrons. The largest absolute Gasteiger partial charge is 0.361 e. The van der Waals surface area contributed by atoms with Crippen molar-refractivity contribution < 1.29 is 9.32 Å². The molecule has 1 atom stereocenters. The van der Waals surface area contributed by atoms with E-state index in [0.717, 1.165) is 50.0 Å². The molecule has 3 heterocycles. The smallest absolute Gasteiger partial charge is 0.276 e. The number of aromatic nitrogens is 4. The summed E-state index contributed by atoms with van der Waals surface area (Å²) in [6, 6.07) is 2.50. The summed E-state index contributed by atoms with van der Waals surface area (Å²) >= 11 is 0. The molecule has 0 bridgehead atoms. The fourth-order valence-corrected chi connectivity index (χ4v) is 4.12. The van der Waals surface area contributed by atoms with E-state index in [9.17, 15) is 4.79 Å². The van der Waals surface area contributed by atoms with Crippen LogP contribution in [0.5, 0.6) is 0 Å². The Labute approximate surface area is 159 Å². The third kappa shape index (κ3) is 3.63. The second kappa shape index (κ2) is 7.42. The van der Waals surface area contributed by atoms with E-state index < -0.39 is 0 Å². The maximum atomic E-state index is 13.1. The van der Waals surface area contributed by atoms with Crippen LogP contribution in [0.2, 0.25) is 0 Å². The number of likely N-dealkylation sites (tertiary alicyclic amines) is 1. The zero-order valence-electron chi connectivity index (χ0n) is 16.0. The average molecular weight is 372 g/mol. The van der Waals surface area contributed by atoms with E-state index in [1.165, 1.54) is 0 Å². The Morgan fingerprint density at radius 2 is 2.04 bits per heavy atom. The van der Waals surface area contributed by atoms with Gasteiger partial charge in [-0.1, -0.05) is 24.2 Å². The first-order valence-electron chi connectivity index (χ1n) is 9.98. The van der Waals surface area contributed by atoms with Crippen LogP contribution in [0, 0.1) is 0 Å². The fraction of sp³-hybridized carbons (Fsp3) is 0.684. The molecular weight excluding hydrogens is 344 g/mol. The Kier molecular flexibility index (Phi) is 4.99. The van der Waals surface area contributed by atoms with Gasteiger partial charge in [-0.25, -0.2) is 4.68 Å². The lowest BCUT2D eigenvalue weighted by Gasteiger charge is -2.25. The Hall–Kier alpha value is -2.22. The highest BCUT2D eigenvalue weighted by molar-refractivity contribution is 5.92. The lowest BCUT2D eigenvalue weighted by atomic mass is 9.92. The quantitative estimate of drug-likeness (QED) is 0.885. The molecule has 1 amide bonds. The molecule has 4 rings (SSSR count). The molecular formula is C19H28N6O2. The van der Waals surface area contributed by atoms with Crippen LogP contribution in [-0.4, -0.2) is 43.5 Å². The lowest BCUT2D eigenvalue weighted by Crippen LogP contribution is -2.31. The van der Waals surface area contributed by atoms with Gasteiger partial charge in [0.25, 0.3) is 5.91 Å². The number of carbonyl (C=O) groups excluding carboxylic acids is 1. The van der Waals surface area contributed by atoms with Gasteiger partial charge in [-0.15, -0.1) is 5.10 Å². The van der Waals surface area contributed by atoms with Crippen LogP contribution >= 0.6 is 0 Å². The van der Waals surface area contributed by atoms with Gasteiger partial charge in [0.1, 0.15) is 11.5 Å². The maximum Gasteiger partial charge on any atom is 0.276 e. The summed E-state index contributed by atoms with van der Waals surface area (Å²) in [5.41, 5.74) is 7.22. The van der Waals surface area contributed by atoms with Gasteiger partial charge in [0.15, 0.2) is 5.69 Å². The maximum absolute atomic E-state index is 13.1. The Morgan fingerprint density at radius 3 is 2.74 bits per heavy atom. The molecule has 1 saturated carbocycles. The van der Waals surface area contributed by atoms with Crippen molar-refractivity contribution in [2.24, 2.45) is 5.73 Å². The molecule has 2 aliphatic rings. The first-order valence-corrected chi connectivity index (χ1v) is 9.98. The van der Waals surface area contributed by atoms with Crippen LogP contribution in [0.3, 0.4) is 0 Å². The highest BCUT2D eigenvalue weighted by atomic mass is 16.5. The van der Waals surface area contributed by atoms with Gasteiger partial charge >= 0.3 is 0 Å². The summed E-state index contributed by atoms with van der Waals surface area (Å²) < 4.78 is 7.28. The van der Waals surface area contributed by atoms with Crippen molar-refractivity contribution >= 4 is 5.91 Å². The normalized spacial score (nSPS) is 26.1. The van der Waals surface area contributed by atoms with Crippen LogP contribution in [-0.2, 0) is 0 Å². The van der Waals surface area contributed by atoms with Gasteiger partial charge in [-0.3, -0.25) is 4.79 Å². The standard InChI is InChI=1S/C19H28N6O2/c1-12(2)18-10-15(22-27-18)17-4-3-9-24(17)19(26)16-11-25(23-21-16)14-7-5-13(20)6-8-14/h10-14,17H,3-9,20H2,1-2H3/t13?,14?,17-/m1/s1. The monoisotopic (exact) mass is 372 g/mol. The molecule has 2 N–H and O–H groups in total. The summed E-state index contributed by atoms with van der Waals surface area (Å²) in [7, 11) is 0. The van der Waals surface area contributed by atoms with Crippen molar-refractivity contribution in [3.63, 3.8) is 0 Å². The predicted molar refractivity (Wildman–Crippen MR) is 99.1 cm³/mol. The fourth-order valence-electron chi connectivity index (χ4n) is 4.12. The minimum Gasteiger partial charge on any atom is -0.361 e. The van der Waals surface area contributed by atoms with Gasteiger partial charge in [0.2, 0.25) is 0 Å². The number of amides is 1. The zero-order chi connectivity index (χ0) is 19.0.